The van der Waals surface area contributed by atoms with Crippen LogP contribution >= 0.6 is 11.3 Å². The van der Waals surface area contributed by atoms with E-state index in [1.807, 2.05) is 39.1 Å². The van der Waals surface area contributed by atoms with Crippen molar-refractivity contribution in [3.63, 3.8) is 0 Å². The van der Waals surface area contributed by atoms with Crippen LogP contribution in [0, 0.1) is 18.7 Å². The standard InChI is InChI=1S/C24H26FN3O4S/c1-13-5-6-15(17(25)7-13)16-11-33-21-19(16)26-12-27-22(21)31-20-14-8-28(9-18(20)30-10-14)23(29)32-24(2,3)4/h5-7,11-12,14,18,20H,8-10H2,1-4H3. The molecule has 0 N–H and O–H groups in total. The number of ether oxygens (including phenoxy) is 3. The molecule has 0 aliphatic carbocycles. The molecule has 1 aromatic carbocycles. The molecule has 2 bridgehead atoms. The van der Waals surface area contributed by atoms with Gasteiger partial charge >= 0.3 is 6.09 Å². The zero-order valence-electron chi connectivity index (χ0n) is 19.0. The predicted octanol–water partition coefficient (Wildman–Crippen LogP) is 4.82. The number of piperidine rings is 1. The summed E-state index contributed by atoms with van der Waals surface area (Å²) in [6.07, 6.45) is 0.603. The highest BCUT2D eigenvalue weighted by molar-refractivity contribution is 7.18. The Morgan fingerprint density at radius 2 is 2.06 bits per heavy atom. The highest BCUT2D eigenvalue weighted by atomic mass is 32.1. The Labute approximate surface area is 195 Å². The van der Waals surface area contributed by atoms with E-state index >= 15 is 0 Å². The van der Waals surface area contributed by atoms with E-state index in [-0.39, 0.29) is 30.0 Å². The third-order valence-electron chi connectivity index (χ3n) is 5.85. The van der Waals surface area contributed by atoms with Gasteiger partial charge in [-0.3, -0.25) is 0 Å². The molecule has 3 atom stereocenters. The number of halogens is 1. The minimum absolute atomic E-state index is 0.00950. The molecule has 0 radical (unpaired) electrons. The van der Waals surface area contributed by atoms with Gasteiger partial charge in [-0.1, -0.05) is 12.1 Å². The van der Waals surface area contributed by atoms with Crippen LogP contribution in [-0.4, -0.2) is 58.5 Å². The molecule has 2 fully saturated rings. The molecule has 2 aliphatic heterocycles. The molecule has 2 aromatic heterocycles. The van der Waals surface area contributed by atoms with Gasteiger partial charge in [-0.05, 0) is 39.3 Å². The van der Waals surface area contributed by atoms with Crippen LogP contribution in [0.2, 0.25) is 0 Å². The molecule has 33 heavy (non-hydrogen) atoms. The lowest BCUT2D eigenvalue weighted by Gasteiger charge is -2.36. The monoisotopic (exact) mass is 471 g/mol. The Morgan fingerprint density at radius 3 is 2.79 bits per heavy atom. The quantitative estimate of drug-likeness (QED) is 0.545. The summed E-state index contributed by atoms with van der Waals surface area (Å²) in [6.45, 7) is 8.81. The summed E-state index contributed by atoms with van der Waals surface area (Å²) in [7, 11) is 0. The number of rotatable bonds is 3. The topological polar surface area (TPSA) is 73.8 Å². The van der Waals surface area contributed by atoms with Gasteiger partial charge in [-0.25, -0.2) is 19.2 Å². The molecule has 4 heterocycles. The number of amides is 1. The zero-order valence-corrected chi connectivity index (χ0v) is 19.8. The van der Waals surface area contributed by atoms with Crippen LogP contribution < -0.4 is 4.74 Å². The molecule has 5 rings (SSSR count). The van der Waals surface area contributed by atoms with Crippen molar-refractivity contribution in [2.45, 2.75) is 45.5 Å². The first-order chi connectivity index (χ1) is 15.7. The van der Waals surface area contributed by atoms with Crippen LogP contribution in [0.5, 0.6) is 5.88 Å². The van der Waals surface area contributed by atoms with Crippen molar-refractivity contribution in [2.75, 3.05) is 19.7 Å². The third kappa shape index (κ3) is 4.27. The van der Waals surface area contributed by atoms with E-state index in [0.717, 1.165) is 15.8 Å². The molecular formula is C24H26FN3O4S. The van der Waals surface area contributed by atoms with Crippen LogP contribution in [0.4, 0.5) is 9.18 Å². The SMILES string of the molecule is Cc1ccc(-c2csc3c(OC4C5COC4CN(C(=O)OC(C)(C)C)C5)ncnc23)c(F)c1. The molecule has 0 saturated carbocycles. The number of likely N-dealkylation sites (tertiary alicyclic amines) is 1. The molecular weight excluding hydrogens is 445 g/mol. The predicted molar refractivity (Wildman–Crippen MR) is 123 cm³/mol. The van der Waals surface area contributed by atoms with Crippen molar-refractivity contribution in [1.82, 2.24) is 14.9 Å². The van der Waals surface area contributed by atoms with Gasteiger partial charge in [0.2, 0.25) is 5.88 Å². The fourth-order valence-corrected chi connectivity index (χ4v) is 5.30. The van der Waals surface area contributed by atoms with Crippen molar-refractivity contribution in [1.29, 1.82) is 0 Å². The first kappa shape index (κ1) is 22.0. The minimum atomic E-state index is -0.551. The first-order valence-corrected chi connectivity index (χ1v) is 11.8. The fraction of sp³-hybridized carbons (Fsp3) is 0.458. The smallest absolute Gasteiger partial charge is 0.410 e. The van der Waals surface area contributed by atoms with Crippen LogP contribution in [0.1, 0.15) is 26.3 Å². The maximum atomic E-state index is 14.6. The summed E-state index contributed by atoms with van der Waals surface area (Å²) >= 11 is 1.43. The van der Waals surface area contributed by atoms with Crippen molar-refractivity contribution in [3.8, 4) is 17.0 Å². The summed E-state index contributed by atoms with van der Waals surface area (Å²) in [5.74, 6) is 0.187. The van der Waals surface area contributed by atoms with Crippen molar-refractivity contribution < 1.29 is 23.4 Å². The average molecular weight is 472 g/mol. The highest BCUT2D eigenvalue weighted by Crippen LogP contribution is 2.39. The van der Waals surface area contributed by atoms with Gasteiger partial charge in [0.1, 0.15) is 34.7 Å². The van der Waals surface area contributed by atoms with Crippen LogP contribution in [0.15, 0.2) is 29.9 Å². The summed E-state index contributed by atoms with van der Waals surface area (Å²) in [5.41, 5.74) is 2.20. The van der Waals surface area contributed by atoms with Crippen molar-refractivity contribution in [2.24, 2.45) is 5.92 Å². The number of benzene rings is 1. The second-order valence-electron chi connectivity index (χ2n) is 9.59. The number of thiophene rings is 1. The number of aromatic nitrogens is 2. The van der Waals surface area contributed by atoms with Gasteiger partial charge in [-0.2, -0.15) is 0 Å². The maximum absolute atomic E-state index is 14.6. The Morgan fingerprint density at radius 1 is 1.24 bits per heavy atom. The van der Waals surface area contributed by atoms with Crippen LogP contribution in [-0.2, 0) is 9.47 Å². The summed E-state index contributed by atoms with van der Waals surface area (Å²) in [6, 6.07) is 5.17. The van der Waals surface area contributed by atoms with E-state index in [4.69, 9.17) is 14.2 Å². The maximum Gasteiger partial charge on any atom is 0.410 e. The van der Waals surface area contributed by atoms with E-state index in [0.29, 0.717) is 36.7 Å². The van der Waals surface area contributed by atoms with E-state index in [1.54, 1.807) is 11.0 Å². The second-order valence-corrected chi connectivity index (χ2v) is 10.5. The van der Waals surface area contributed by atoms with Gasteiger partial charge in [-0.15, -0.1) is 11.3 Å². The van der Waals surface area contributed by atoms with E-state index < -0.39 is 5.60 Å². The summed E-state index contributed by atoms with van der Waals surface area (Å²) in [5, 5.41) is 1.89. The van der Waals surface area contributed by atoms with Crippen molar-refractivity contribution in [3.05, 3.63) is 41.3 Å². The van der Waals surface area contributed by atoms with E-state index in [2.05, 4.69) is 9.97 Å². The van der Waals surface area contributed by atoms with Crippen LogP contribution in [0.3, 0.4) is 0 Å². The van der Waals surface area contributed by atoms with Gasteiger partial charge in [0.05, 0.1) is 18.7 Å². The first-order valence-electron chi connectivity index (χ1n) is 10.9. The van der Waals surface area contributed by atoms with E-state index in [9.17, 15) is 9.18 Å². The molecule has 2 saturated heterocycles. The second kappa shape index (κ2) is 8.22. The summed E-state index contributed by atoms with van der Waals surface area (Å²) < 4.78 is 33.1. The molecule has 1 amide bonds. The van der Waals surface area contributed by atoms with Crippen molar-refractivity contribution >= 4 is 27.6 Å². The molecule has 3 unspecified atom stereocenters. The number of hydrogen-bond acceptors (Lipinski definition) is 7. The van der Waals surface area contributed by atoms with E-state index in [1.165, 1.54) is 23.7 Å². The Bertz CT molecular complexity index is 1190. The molecule has 2 aliphatic rings. The lowest BCUT2D eigenvalue weighted by molar-refractivity contribution is -0.0181. The molecule has 0 spiro atoms. The Kier molecular flexibility index (Phi) is 5.49. The fourth-order valence-electron chi connectivity index (χ4n) is 4.35. The average Bonchev–Trinajstić information content (AvgIpc) is 3.24. The van der Waals surface area contributed by atoms with Gasteiger partial charge < -0.3 is 19.1 Å². The number of hydrogen-bond donors (Lipinski definition) is 0. The number of carbonyl (C=O) groups excluding carboxylic acids is 1. The number of nitrogens with zero attached hydrogens (tertiary/aromatic N) is 3. The van der Waals surface area contributed by atoms with Gasteiger partial charge in [0, 0.05) is 29.0 Å². The zero-order chi connectivity index (χ0) is 23.3. The molecule has 174 valence electrons. The third-order valence-corrected chi connectivity index (χ3v) is 6.80. The lowest BCUT2D eigenvalue weighted by atomic mass is 9.96. The Balaban J connectivity index is 1.37. The number of aryl methyl sites for hydroxylation is 1. The van der Waals surface area contributed by atoms with Crippen LogP contribution in [0.25, 0.3) is 21.3 Å². The van der Waals surface area contributed by atoms with Gasteiger partial charge in [0.15, 0.2) is 0 Å². The number of fused-ring (bicyclic) bond motifs is 3. The highest BCUT2D eigenvalue weighted by Gasteiger charge is 2.47. The van der Waals surface area contributed by atoms with Gasteiger partial charge in [0.25, 0.3) is 0 Å². The largest absolute Gasteiger partial charge is 0.470 e. The lowest BCUT2D eigenvalue weighted by Crippen LogP contribution is -2.53. The normalized spacial score (nSPS) is 22.6. The summed E-state index contributed by atoms with van der Waals surface area (Å²) in [4.78, 5) is 23.0. The molecule has 3 aromatic rings. The minimum Gasteiger partial charge on any atom is -0.470 e. The number of carbonyl (C=O) groups is 1. The molecule has 9 heteroatoms. The molecule has 7 nitrogen and oxygen atoms in total. The Hall–Kier alpha value is -2.78.